The molecule has 1 aromatic heterocycles. The van der Waals surface area contributed by atoms with E-state index in [9.17, 15) is 9.18 Å². The summed E-state index contributed by atoms with van der Waals surface area (Å²) in [5, 5.41) is 0. The van der Waals surface area contributed by atoms with Gasteiger partial charge in [-0.25, -0.2) is 14.4 Å². The number of fused-ring (bicyclic) bond motifs is 3. The Hall–Kier alpha value is -2.30. The van der Waals surface area contributed by atoms with Crippen molar-refractivity contribution in [2.24, 2.45) is 5.92 Å². The number of halogens is 1. The van der Waals surface area contributed by atoms with Crippen LogP contribution in [0.4, 0.5) is 4.39 Å². The summed E-state index contributed by atoms with van der Waals surface area (Å²) in [6, 6.07) is 6.28. The van der Waals surface area contributed by atoms with E-state index in [0.29, 0.717) is 17.8 Å². The van der Waals surface area contributed by atoms with E-state index in [1.807, 2.05) is 11.1 Å². The van der Waals surface area contributed by atoms with Crippen molar-refractivity contribution in [2.45, 2.75) is 38.5 Å². The number of carbonyl (C=O) groups is 1. The summed E-state index contributed by atoms with van der Waals surface area (Å²) < 4.78 is 13.3. The number of nitrogens with zero attached hydrogens (tertiary/aromatic N) is 3. The third kappa shape index (κ3) is 3.03. The Labute approximate surface area is 147 Å². The smallest absolute Gasteiger partial charge is 0.227 e. The number of aromatic nitrogens is 2. The number of benzene rings is 1. The molecule has 0 spiro atoms. The van der Waals surface area contributed by atoms with Gasteiger partial charge in [0.1, 0.15) is 11.6 Å². The average Bonchev–Trinajstić information content (AvgIpc) is 3.11. The maximum Gasteiger partial charge on any atom is 0.227 e. The molecule has 1 amide bonds. The Morgan fingerprint density at radius 2 is 2.20 bits per heavy atom. The number of rotatable bonds is 3. The molecule has 1 aliphatic heterocycles. The highest BCUT2D eigenvalue weighted by atomic mass is 19.1. The quantitative estimate of drug-likeness (QED) is 0.863. The standard InChI is InChI=1S/C20H22FN3O/c1-12(2)20-22-9-16-17-11-24(10-14(17)8-18(16)23-20)19(25)7-13-4-3-5-15(21)6-13/h3-6,9,12,14,17H,7-8,10-11H2,1-2H3/t14-,17-/m0/s1. The van der Waals surface area contributed by atoms with Crippen molar-refractivity contribution in [1.82, 2.24) is 14.9 Å². The van der Waals surface area contributed by atoms with E-state index in [2.05, 4.69) is 18.8 Å². The van der Waals surface area contributed by atoms with Gasteiger partial charge in [-0.2, -0.15) is 0 Å². The molecular formula is C20H22FN3O. The van der Waals surface area contributed by atoms with Crippen LogP contribution in [0.3, 0.4) is 0 Å². The van der Waals surface area contributed by atoms with E-state index in [1.165, 1.54) is 17.7 Å². The Morgan fingerprint density at radius 1 is 1.36 bits per heavy atom. The van der Waals surface area contributed by atoms with Gasteiger partial charge in [0.15, 0.2) is 0 Å². The molecule has 0 bridgehead atoms. The van der Waals surface area contributed by atoms with Crippen LogP contribution in [0.2, 0.25) is 0 Å². The molecule has 1 aromatic carbocycles. The minimum atomic E-state index is -0.296. The second-order valence-corrected chi connectivity index (χ2v) is 7.46. The lowest BCUT2D eigenvalue weighted by Gasteiger charge is -2.18. The van der Waals surface area contributed by atoms with Gasteiger partial charge in [-0.3, -0.25) is 4.79 Å². The molecule has 1 saturated heterocycles. The highest BCUT2D eigenvalue weighted by Crippen LogP contribution is 2.42. The normalized spacial score (nSPS) is 21.5. The highest BCUT2D eigenvalue weighted by Gasteiger charge is 2.42. The zero-order chi connectivity index (χ0) is 17.6. The van der Waals surface area contributed by atoms with Gasteiger partial charge in [0, 0.05) is 36.8 Å². The Bertz CT molecular complexity index is 820. The Balaban J connectivity index is 1.46. The SMILES string of the molecule is CC(C)c1ncc2c(n1)C[C@H]1CN(C(=O)Cc3cccc(F)c3)C[C@H]21. The van der Waals surface area contributed by atoms with Gasteiger partial charge in [0.25, 0.3) is 0 Å². The molecule has 5 heteroatoms. The summed E-state index contributed by atoms with van der Waals surface area (Å²) in [7, 11) is 0. The van der Waals surface area contributed by atoms with Gasteiger partial charge >= 0.3 is 0 Å². The fourth-order valence-corrected chi connectivity index (χ4v) is 4.01. The molecule has 2 aromatic rings. The fourth-order valence-electron chi connectivity index (χ4n) is 4.01. The number of amides is 1. The monoisotopic (exact) mass is 339 g/mol. The molecule has 0 saturated carbocycles. The van der Waals surface area contributed by atoms with Crippen LogP contribution in [0.1, 0.15) is 48.3 Å². The minimum absolute atomic E-state index is 0.0706. The van der Waals surface area contributed by atoms with Crippen LogP contribution in [-0.2, 0) is 17.6 Å². The first kappa shape index (κ1) is 16.2. The summed E-state index contributed by atoms with van der Waals surface area (Å²) in [5.41, 5.74) is 3.09. The molecule has 0 radical (unpaired) electrons. The predicted molar refractivity (Wildman–Crippen MR) is 92.7 cm³/mol. The van der Waals surface area contributed by atoms with Crippen molar-refractivity contribution in [2.75, 3.05) is 13.1 Å². The van der Waals surface area contributed by atoms with Crippen LogP contribution in [0.25, 0.3) is 0 Å². The number of hydrogen-bond acceptors (Lipinski definition) is 3. The van der Waals surface area contributed by atoms with E-state index in [1.54, 1.807) is 12.1 Å². The lowest BCUT2D eigenvalue weighted by atomic mass is 9.97. The van der Waals surface area contributed by atoms with Crippen molar-refractivity contribution in [3.05, 3.63) is 58.9 Å². The van der Waals surface area contributed by atoms with Crippen molar-refractivity contribution in [1.29, 1.82) is 0 Å². The zero-order valence-electron chi connectivity index (χ0n) is 14.6. The second-order valence-electron chi connectivity index (χ2n) is 7.46. The largest absolute Gasteiger partial charge is 0.341 e. The fraction of sp³-hybridized carbons (Fsp3) is 0.450. The summed E-state index contributed by atoms with van der Waals surface area (Å²) in [4.78, 5) is 23.7. The molecular weight excluding hydrogens is 317 g/mol. The summed E-state index contributed by atoms with van der Waals surface area (Å²) >= 11 is 0. The topological polar surface area (TPSA) is 46.1 Å². The van der Waals surface area contributed by atoms with Gasteiger partial charge in [0.05, 0.1) is 6.42 Å². The summed E-state index contributed by atoms with van der Waals surface area (Å²) in [6.07, 6.45) is 3.14. The van der Waals surface area contributed by atoms with E-state index in [-0.39, 0.29) is 18.1 Å². The molecule has 2 aliphatic rings. The molecule has 2 atom stereocenters. The number of hydrogen-bond donors (Lipinski definition) is 0. The van der Waals surface area contributed by atoms with Gasteiger partial charge in [0.2, 0.25) is 5.91 Å². The van der Waals surface area contributed by atoms with Crippen molar-refractivity contribution >= 4 is 5.91 Å². The van der Waals surface area contributed by atoms with E-state index >= 15 is 0 Å². The molecule has 4 nitrogen and oxygen atoms in total. The van der Waals surface area contributed by atoms with E-state index in [4.69, 9.17) is 4.98 Å². The molecule has 0 N–H and O–H groups in total. The third-order valence-electron chi connectivity index (χ3n) is 5.33. The Kier molecular flexibility index (Phi) is 4.02. The first-order valence-electron chi connectivity index (χ1n) is 8.89. The van der Waals surface area contributed by atoms with Crippen LogP contribution in [0.5, 0.6) is 0 Å². The lowest BCUT2D eigenvalue weighted by molar-refractivity contribution is -0.129. The van der Waals surface area contributed by atoms with Gasteiger partial charge < -0.3 is 4.90 Å². The first-order valence-corrected chi connectivity index (χ1v) is 8.89. The van der Waals surface area contributed by atoms with E-state index < -0.39 is 0 Å². The molecule has 2 heterocycles. The third-order valence-corrected chi connectivity index (χ3v) is 5.33. The van der Waals surface area contributed by atoms with Gasteiger partial charge in [-0.15, -0.1) is 0 Å². The van der Waals surface area contributed by atoms with Gasteiger partial charge in [-0.1, -0.05) is 26.0 Å². The molecule has 1 fully saturated rings. The Morgan fingerprint density at radius 3 is 2.96 bits per heavy atom. The van der Waals surface area contributed by atoms with Crippen LogP contribution in [-0.4, -0.2) is 33.9 Å². The maximum atomic E-state index is 13.3. The molecule has 4 rings (SSSR count). The highest BCUT2D eigenvalue weighted by molar-refractivity contribution is 5.79. The lowest BCUT2D eigenvalue weighted by Crippen LogP contribution is -2.31. The van der Waals surface area contributed by atoms with Crippen LogP contribution in [0, 0.1) is 11.7 Å². The van der Waals surface area contributed by atoms with Crippen molar-refractivity contribution < 1.29 is 9.18 Å². The minimum Gasteiger partial charge on any atom is -0.341 e. The molecule has 1 aliphatic carbocycles. The molecule has 25 heavy (non-hydrogen) atoms. The molecule has 0 unspecified atom stereocenters. The number of likely N-dealkylation sites (tertiary alicyclic amines) is 1. The van der Waals surface area contributed by atoms with Crippen molar-refractivity contribution in [3.8, 4) is 0 Å². The number of carbonyl (C=O) groups excluding carboxylic acids is 1. The van der Waals surface area contributed by atoms with Crippen LogP contribution in [0.15, 0.2) is 30.5 Å². The maximum absolute atomic E-state index is 13.3. The van der Waals surface area contributed by atoms with E-state index in [0.717, 1.165) is 36.6 Å². The second kappa shape index (κ2) is 6.21. The summed E-state index contributed by atoms with van der Waals surface area (Å²) in [6.45, 7) is 5.68. The van der Waals surface area contributed by atoms with Crippen LogP contribution >= 0.6 is 0 Å². The summed E-state index contributed by atoms with van der Waals surface area (Å²) in [5.74, 6) is 1.78. The average molecular weight is 339 g/mol. The van der Waals surface area contributed by atoms with Crippen LogP contribution < -0.4 is 0 Å². The predicted octanol–water partition coefficient (Wildman–Crippen LogP) is 3.08. The molecule has 130 valence electrons. The first-order chi connectivity index (χ1) is 12.0. The van der Waals surface area contributed by atoms with Crippen molar-refractivity contribution in [3.63, 3.8) is 0 Å². The van der Waals surface area contributed by atoms with Gasteiger partial charge in [-0.05, 0) is 35.6 Å². The zero-order valence-corrected chi connectivity index (χ0v) is 14.6.